The van der Waals surface area contributed by atoms with Crippen molar-refractivity contribution >= 4 is 17.3 Å². The summed E-state index contributed by atoms with van der Waals surface area (Å²) < 4.78 is 0. The van der Waals surface area contributed by atoms with Gasteiger partial charge in [0, 0.05) is 32.6 Å². The Bertz CT molecular complexity index is 498. The molecule has 5 nitrogen and oxygen atoms in total. The second-order valence-corrected chi connectivity index (χ2v) is 6.44. The van der Waals surface area contributed by atoms with Crippen LogP contribution in [0.15, 0.2) is 24.3 Å². The number of nitrogens with zero attached hydrogens (tertiary/aromatic N) is 2. The summed E-state index contributed by atoms with van der Waals surface area (Å²) >= 11 is 0. The highest BCUT2D eigenvalue weighted by molar-refractivity contribution is 5.94. The molecule has 0 spiro atoms. The van der Waals surface area contributed by atoms with E-state index in [9.17, 15) is 4.79 Å². The molecule has 0 saturated carbocycles. The summed E-state index contributed by atoms with van der Waals surface area (Å²) in [6.07, 6.45) is 4.76. The minimum atomic E-state index is 0.113. The minimum Gasteiger partial charge on any atom is -0.367 e. The highest BCUT2D eigenvalue weighted by Crippen LogP contribution is 2.26. The monoisotopic (exact) mass is 332 g/mol. The Labute approximate surface area is 146 Å². The largest absolute Gasteiger partial charge is 0.367 e. The number of amides is 1. The van der Waals surface area contributed by atoms with Gasteiger partial charge in [0.2, 0.25) is 5.91 Å². The Hall–Kier alpha value is -1.59. The molecule has 1 fully saturated rings. The molecule has 1 aliphatic heterocycles. The number of hydrogen-bond acceptors (Lipinski definition) is 4. The quantitative estimate of drug-likeness (QED) is 0.683. The van der Waals surface area contributed by atoms with Gasteiger partial charge in [-0.2, -0.15) is 0 Å². The van der Waals surface area contributed by atoms with Crippen LogP contribution < -0.4 is 16.0 Å². The molecule has 0 atom stereocenters. The first kappa shape index (κ1) is 18.7. The highest BCUT2D eigenvalue weighted by atomic mass is 16.1. The molecule has 1 aliphatic rings. The van der Waals surface area contributed by atoms with Crippen molar-refractivity contribution in [2.24, 2.45) is 5.73 Å². The second kappa shape index (κ2) is 10.3. The number of rotatable bonds is 9. The number of anilines is 2. The maximum atomic E-state index is 12.2. The molecule has 0 aromatic heterocycles. The fraction of sp³-hybridized carbons (Fsp3) is 0.632. The first-order valence-electron chi connectivity index (χ1n) is 9.31. The molecule has 3 N–H and O–H groups in total. The van der Waals surface area contributed by atoms with Gasteiger partial charge in [-0.3, -0.25) is 4.79 Å². The maximum absolute atomic E-state index is 12.2. The third-order valence-corrected chi connectivity index (χ3v) is 4.70. The Morgan fingerprint density at radius 1 is 1.08 bits per heavy atom. The van der Waals surface area contributed by atoms with E-state index >= 15 is 0 Å². The lowest BCUT2D eigenvalue weighted by Crippen LogP contribution is -2.46. The van der Waals surface area contributed by atoms with E-state index in [2.05, 4.69) is 28.1 Å². The number of para-hydroxylation sites is 2. The zero-order valence-electron chi connectivity index (χ0n) is 15.0. The van der Waals surface area contributed by atoms with Gasteiger partial charge in [0.05, 0.1) is 11.4 Å². The van der Waals surface area contributed by atoms with Crippen molar-refractivity contribution < 1.29 is 4.79 Å². The van der Waals surface area contributed by atoms with Crippen LogP contribution in [0.4, 0.5) is 11.4 Å². The van der Waals surface area contributed by atoms with Gasteiger partial charge >= 0.3 is 0 Å². The SMILES string of the molecule is CCN1CCN(c2ccccc2NC(=O)CCCCCCN)CC1. The molecule has 1 aromatic rings. The molecule has 0 aliphatic carbocycles. The van der Waals surface area contributed by atoms with Crippen molar-refractivity contribution in [1.82, 2.24) is 4.90 Å². The van der Waals surface area contributed by atoms with Gasteiger partial charge in [-0.25, -0.2) is 0 Å². The first-order valence-corrected chi connectivity index (χ1v) is 9.31. The van der Waals surface area contributed by atoms with Gasteiger partial charge in [0.15, 0.2) is 0 Å². The van der Waals surface area contributed by atoms with Gasteiger partial charge in [-0.1, -0.05) is 31.9 Å². The standard InChI is InChI=1S/C19H32N4O/c1-2-22-13-15-23(16-14-22)18-10-7-6-9-17(18)21-19(24)11-5-3-4-8-12-20/h6-7,9-10H,2-5,8,11-16,20H2,1H3,(H,21,24). The van der Waals surface area contributed by atoms with Crippen molar-refractivity contribution in [1.29, 1.82) is 0 Å². The van der Waals surface area contributed by atoms with Crippen LogP contribution in [0.1, 0.15) is 39.0 Å². The normalized spacial score (nSPS) is 15.5. The molecular formula is C19H32N4O. The number of benzene rings is 1. The van der Waals surface area contributed by atoms with Crippen molar-refractivity contribution in [3.05, 3.63) is 24.3 Å². The topological polar surface area (TPSA) is 61.6 Å². The number of unbranched alkanes of at least 4 members (excludes halogenated alkanes) is 3. The van der Waals surface area contributed by atoms with Crippen LogP contribution in [-0.4, -0.2) is 50.1 Å². The van der Waals surface area contributed by atoms with Crippen LogP contribution >= 0.6 is 0 Å². The van der Waals surface area contributed by atoms with E-state index in [1.165, 1.54) is 0 Å². The van der Waals surface area contributed by atoms with Gasteiger partial charge in [0.25, 0.3) is 0 Å². The van der Waals surface area contributed by atoms with Crippen molar-refractivity contribution in [3.8, 4) is 0 Å². The van der Waals surface area contributed by atoms with E-state index in [1.54, 1.807) is 0 Å². The van der Waals surface area contributed by atoms with Gasteiger partial charge in [-0.05, 0) is 38.1 Å². The predicted octanol–water partition coefficient (Wildman–Crippen LogP) is 2.68. The lowest BCUT2D eigenvalue weighted by molar-refractivity contribution is -0.116. The Balaban J connectivity index is 1.86. The van der Waals surface area contributed by atoms with Gasteiger partial charge in [-0.15, -0.1) is 0 Å². The van der Waals surface area contributed by atoms with Crippen LogP contribution in [0.3, 0.4) is 0 Å². The Morgan fingerprint density at radius 3 is 2.50 bits per heavy atom. The number of likely N-dealkylation sites (N-methyl/N-ethyl adjacent to an activating group) is 1. The molecule has 24 heavy (non-hydrogen) atoms. The lowest BCUT2D eigenvalue weighted by Gasteiger charge is -2.36. The summed E-state index contributed by atoms with van der Waals surface area (Å²) in [6, 6.07) is 8.15. The Kier molecular flexibility index (Phi) is 8.05. The molecule has 1 saturated heterocycles. The summed E-state index contributed by atoms with van der Waals surface area (Å²) in [5.41, 5.74) is 7.57. The third kappa shape index (κ3) is 5.80. The summed E-state index contributed by atoms with van der Waals surface area (Å²) in [6.45, 7) is 8.25. The summed E-state index contributed by atoms with van der Waals surface area (Å²) in [4.78, 5) is 17.1. The van der Waals surface area contributed by atoms with Crippen LogP contribution in [0.2, 0.25) is 0 Å². The van der Waals surface area contributed by atoms with Crippen molar-refractivity contribution in [2.75, 3.05) is 49.5 Å². The van der Waals surface area contributed by atoms with Gasteiger partial charge in [0.1, 0.15) is 0 Å². The average Bonchev–Trinajstić information content (AvgIpc) is 2.62. The molecule has 134 valence electrons. The van der Waals surface area contributed by atoms with Crippen LogP contribution in [0.25, 0.3) is 0 Å². The number of nitrogens with one attached hydrogen (secondary N) is 1. The molecule has 1 aromatic carbocycles. The summed E-state index contributed by atoms with van der Waals surface area (Å²) in [5.74, 6) is 0.113. The number of hydrogen-bond donors (Lipinski definition) is 2. The molecule has 0 bridgehead atoms. The van der Waals surface area contributed by atoms with E-state index in [-0.39, 0.29) is 5.91 Å². The number of carbonyl (C=O) groups is 1. The average molecular weight is 332 g/mol. The zero-order valence-corrected chi connectivity index (χ0v) is 15.0. The summed E-state index contributed by atoms with van der Waals surface area (Å²) in [7, 11) is 0. The minimum absolute atomic E-state index is 0.113. The number of piperazine rings is 1. The van der Waals surface area contributed by atoms with Crippen LogP contribution in [0, 0.1) is 0 Å². The van der Waals surface area contributed by atoms with Crippen LogP contribution in [0.5, 0.6) is 0 Å². The predicted molar refractivity (Wildman–Crippen MR) is 102 cm³/mol. The molecule has 0 unspecified atom stereocenters. The zero-order chi connectivity index (χ0) is 17.2. The molecule has 2 rings (SSSR count). The number of carbonyl (C=O) groups excluding carboxylic acids is 1. The smallest absolute Gasteiger partial charge is 0.224 e. The van der Waals surface area contributed by atoms with E-state index < -0.39 is 0 Å². The maximum Gasteiger partial charge on any atom is 0.224 e. The van der Waals surface area contributed by atoms with Gasteiger partial charge < -0.3 is 20.9 Å². The molecular weight excluding hydrogens is 300 g/mol. The lowest BCUT2D eigenvalue weighted by atomic mass is 10.1. The molecule has 1 amide bonds. The third-order valence-electron chi connectivity index (χ3n) is 4.70. The number of nitrogens with two attached hydrogens (primary N) is 1. The fourth-order valence-corrected chi connectivity index (χ4v) is 3.16. The van der Waals surface area contributed by atoms with E-state index in [1.807, 2.05) is 18.2 Å². The molecule has 1 heterocycles. The van der Waals surface area contributed by atoms with Crippen molar-refractivity contribution in [3.63, 3.8) is 0 Å². The summed E-state index contributed by atoms with van der Waals surface area (Å²) in [5, 5.41) is 3.11. The van der Waals surface area contributed by atoms with Crippen LogP contribution in [-0.2, 0) is 4.79 Å². The Morgan fingerprint density at radius 2 is 1.79 bits per heavy atom. The van der Waals surface area contributed by atoms with E-state index in [0.717, 1.165) is 76.3 Å². The van der Waals surface area contributed by atoms with E-state index in [4.69, 9.17) is 5.73 Å². The van der Waals surface area contributed by atoms with E-state index in [0.29, 0.717) is 6.42 Å². The fourth-order valence-electron chi connectivity index (χ4n) is 3.16. The molecule has 5 heteroatoms. The first-order chi connectivity index (χ1) is 11.7. The second-order valence-electron chi connectivity index (χ2n) is 6.44. The van der Waals surface area contributed by atoms with Crippen molar-refractivity contribution in [2.45, 2.75) is 39.0 Å². The molecule has 0 radical (unpaired) electrons. The highest BCUT2D eigenvalue weighted by Gasteiger charge is 2.18.